The van der Waals surface area contributed by atoms with Crippen LogP contribution in [0.15, 0.2) is 54.9 Å². The summed E-state index contributed by atoms with van der Waals surface area (Å²) >= 11 is 6.17. The van der Waals surface area contributed by atoms with Crippen molar-refractivity contribution in [3.8, 4) is 0 Å². The van der Waals surface area contributed by atoms with Crippen molar-refractivity contribution in [2.75, 3.05) is 18.0 Å². The third-order valence-electron chi connectivity index (χ3n) is 6.25. The molecule has 6 nitrogen and oxygen atoms in total. The van der Waals surface area contributed by atoms with Gasteiger partial charge in [-0.05, 0) is 60.8 Å². The highest BCUT2D eigenvalue weighted by atomic mass is 35.5. The van der Waals surface area contributed by atoms with Crippen LogP contribution < -0.4 is 4.90 Å². The Morgan fingerprint density at radius 3 is 2.12 bits per heavy atom. The van der Waals surface area contributed by atoms with Crippen LogP contribution in [-0.2, 0) is 0 Å². The molecule has 2 atom stereocenters. The number of halogens is 3. The van der Waals surface area contributed by atoms with Crippen LogP contribution in [0.1, 0.15) is 31.0 Å². The third kappa shape index (κ3) is 4.16. The van der Waals surface area contributed by atoms with E-state index in [1.54, 1.807) is 30.6 Å². The van der Waals surface area contributed by atoms with Gasteiger partial charge in [-0.25, -0.2) is 13.8 Å². The first-order chi connectivity index (χ1) is 15.9. The van der Waals surface area contributed by atoms with Gasteiger partial charge in [0, 0.05) is 25.2 Å². The summed E-state index contributed by atoms with van der Waals surface area (Å²) in [5, 5.41) is 0.155. The first-order valence-electron chi connectivity index (χ1n) is 10.8. The first kappa shape index (κ1) is 21.7. The lowest BCUT2D eigenvalue weighted by Gasteiger charge is -2.48. The van der Waals surface area contributed by atoms with Crippen LogP contribution in [-0.4, -0.2) is 50.0 Å². The molecule has 0 radical (unpaired) electrons. The van der Waals surface area contributed by atoms with Gasteiger partial charge >= 0.3 is 0 Å². The summed E-state index contributed by atoms with van der Waals surface area (Å²) in [6.07, 6.45) is 1.59. The van der Waals surface area contributed by atoms with Gasteiger partial charge < -0.3 is 9.88 Å². The predicted octanol–water partition coefficient (Wildman–Crippen LogP) is 4.97. The Hall–Kier alpha value is -3.10. The average Bonchev–Trinajstić information content (AvgIpc) is 3.26. The van der Waals surface area contributed by atoms with Crippen molar-refractivity contribution in [1.82, 2.24) is 24.8 Å². The van der Waals surface area contributed by atoms with Crippen molar-refractivity contribution < 1.29 is 8.78 Å². The SMILES string of the molecule is C[C@@H]1CN(c2nc(Cl)nc3nc[nH]c23)[C@@H](C)CN1C(c1ccc(F)cc1)c1ccc(F)cc1. The highest BCUT2D eigenvalue weighted by molar-refractivity contribution is 6.28. The molecule has 1 fully saturated rings. The largest absolute Gasteiger partial charge is 0.349 e. The highest BCUT2D eigenvalue weighted by Crippen LogP contribution is 2.35. The maximum atomic E-state index is 13.7. The Kier molecular flexibility index (Phi) is 5.72. The molecule has 1 aliphatic rings. The van der Waals surface area contributed by atoms with E-state index in [0.717, 1.165) is 22.5 Å². The molecule has 1 aliphatic heterocycles. The van der Waals surface area contributed by atoms with Gasteiger partial charge in [0.15, 0.2) is 11.5 Å². The van der Waals surface area contributed by atoms with Crippen molar-refractivity contribution >= 4 is 28.6 Å². The fraction of sp³-hybridized carbons (Fsp3) is 0.292. The number of aromatic nitrogens is 4. The van der Waals surface area contributed by atoms with Gasteiger partial charge in [-0.1, -0.05) is 24.3 Å². The molecule has 0 unspecified atom stereocenters. The number of rotatable bonds is 4. The Labute approximate surface area is 195 Å². The third-order valence-corrected chi connectivity index (χ3v) is 6.42. The molecular formula is C24H23ClF2N6. The van der Waals surface area contributed by atoms with Gasteiger partial charge in [-0.2, -0.15) is 9.97 Å². The second kappa shape index (κ2) is 8.68. The van der Waals surface area contributed by atoms with E-state index in [1.807, 2.05) is 0 Å². The Bertz CT molecular complexity index is 1210. The summed E-state index contributed by atoms with van der Waals surface area (Å²) in [5.41, 5.74) is 3.19. The van der Waals surface area contributed by atoms with E-state index in [9.17, 15) is 8.78 Å². The Balaban J connectivity index is 1.51. The summed E-state index contributed by atoms with van der Waals surface area (Å²) in [4.78, 5) is 20.6. The lowest BCUT2D eigenvalue weighted by atomic mass is 9.93. The number of benzene rings is 2. The zero-order chi connectivity index (χ0) is 23.1. The van der Waals surface area contributed by atoms with Crippen LogP contribution in [0.4, 0.5) is 14.6 Å². The van der Waals surface area contributed by atoms with E-state index < -0.39 is 0 Å². The standard InChI is InChI=1S/C24H23ClF2N6/c1-14-12-33(23-20-22(29-13-28-20)30-24(25)31-23)15(2)11-32(14)21(16-3-7-18(26)8-4-16)17-5-9-19(27)10-6-17/h3-10,13-15,21H,11-12H2,1-2H3,(H,28,29,30,31)/t14-,15+/m1/s1. The molecule has 9 heteroatoms. The molecule has 5 rings (SSSR count). The van der Waals surface area contributed by atoms with Gasteiger partial charge in [0.1, 0.15) is 17.2 Å². The van der Waals surface area contributed by atoms with Gasteiger partial charge in [0.05, 0.1) is 12.4 Å². The smallest absolute Gasteiger partial charge is 0.226 e. The topological polar surface area (TPSA) is 60.9 Å². The maximum absolute atomic E-state index is 13.7. The van der Waals surface area contributed by atoms with Crippen LogP contribution in [0, 0.1) is 11.6 Å². The number of anilines is 1. The molecule has 170 valence electrons. The van der Waals surface area contributed by atoms with Gasteiger partial charge in [-0.15, -0.1) is 0 Å². The fourth-order valence-corrected chi connectivity index (χ4v) is 4.83. The molecule has 0 bridgehead atoms. The molecule has 0 amide bonds. The minimum Gasteiger partial charge on any atom is -0.349 e. The maximum Gasteiger partial charge on any atom is 0.226 e. The van der Waals surface area contributed by atoms with E-state index in [1.165, 1.54) is 24.3 Å². The highest BCUT2D eigenvalue weighted by Gasteiger charge is 2.36. The molecular weight excluding hydrogens is 446 g/mol. The first-order valence-corrected chi connectivity index (χ1v) is 11.2. The number of hydrogen-bond donors (Lipinski definition) is 1. The van der Waals surface area contributed by atoms with E-state index >= 15 is 0 Å². The van der Waals surface area contributed by atoms with Crippen LogP contribution in [0.5, 0.6) is 0 Å². The van der Waals surface area contributed by atoms with Crippen molar-refractivity contribution in [2.24, 2.45) is 0 Å². The summed E-state index contributed by atoms with van der Waals surface area (Å²) in [6, 6.07) is 13.1. The number of aromatic amines is 1. The van der Waals surface area contributed by atoms with E-state index in [2.05, 4.69) is 43.6 Å². The average molecular weight is 469 g/mol. The summed E-state index contributed by atoms with van der Waals surface area (Å²) in [6.45, 7) is 5.66. The Morgan fingerprint density at radius 2 is 1.52 bits per heavy atom. The predicted molar refractivity (Wildman–Crippen MR) is 124 cm³/mol. The van der Waals surface area contributed by atoms with Crippen LogP contribution >= 0.6 is 11.6 Å². The van der Waals surface area contributed by atoms with E-state index in [0.29, 0.717) is 18.7 Å². The molecule has 1 saturated heterocycles. The summed E-state index contributed by atoms with van der Waals surface area (Å²) in [7, 11) is 0. The van der Waals surface area contributed by atoms with Crippen molar-refractivity contribution in [1.29, 1.82) is 0 Å². The molecule has 2 aromatic heterocycles. The van der Waals surface area contributed by atoms with Gasteiger partial charge in [0.25, 0.3) is 0 Å². The number of nitrogens with one attached hydrogen (secondary N) is 1. The zero-order valence-corrected chi connectivity index (χ0v) is 19.0. The molecule has 1 N–H and O–H groups in total. The molecule has 0 aliphatic carbocycles. The monoisotopic (exact) mass is 468 g/mol. The minimum absolute atomic E-state index is 0.0852. The second-order valence-electron chi connectivity index (χ2n) is 8.47. The van der Waals surface area contributed by atoms with E-state index in [-0.39, 0.29) is 35.0 Å². The molecule has 33 heavy (non-hydrogen) atoms. The van der Waals surface area contributed by atoms with Gasteiger partial charge in [0.2, 0.25) is 5.28 Å². The molecule has 2 aromatic carbocycles. The van der Waals surface area contributed by atoms with Crippen LogP contribution in [0.25, 0.3) is 11.2 Å². The molecule has 0 saturated carbocycles. The quantitative estimate of drug-likeness (QED) is 0.428. The molecule has 0 spiro atoms. The lowest BCUT2D eigenvalue weighted by molar-refractivity contribution is 0.129. The molecule has 4 aromatic rings. The number of fused-ring (bicyclic) bond motifs is 1. The number of nitrogens with zero attached hydrogens (tertiary/aromatic N) is 5. The van der Waals surface area contributed by atoms with Crippen molar-refractivity contribution in [3.05, 3.63) is 82.9 Å². The number of imidazole rings is 1. The fourth-order valence-electron chi connectivity index (χ4n) is 4.67. The number of piperazine rings is 1. The lowest BCUT2D eigenvalue weighted by Crippen LogP contribution is -2.57. The van der Waals surface area contributed by atoms with Crippen LogP contribution in [0.2, 0.25) is 5.28 Å². The second-order valence-corrected chi connectivity index (χ2v) is 8.81. The summed E-state index contributed by atoms with van der Waals surface area (Å²) < 4.78 is 27.3. The normalized spacial score (nSPS) is 19.5. The zero-order valence-electron chi connectivity index (χ0n) is 18.2. The van der Waals surface area contributed by atoms with Gasteiger partial charge in [-0.3, -0.25) is 4.90 Å². The van der Waals surface area contributed by atoms with E-state index in [4.69, 9.17) is 11.6 Å². The van der Waals surface area contributed by atoms with Crippen molar-refractivity contribution in [3.63, 3.8) is 0 Å². The Morgan fingerprint density at radius 1 is 0.909 bits per heavy atom. The molecule has 3 heterocycles. The number of H-pyrrole nitrogens is 1. The van der Waals surface area contributed by atoms with Crippen LogP contribution in [0.3, 0.4) is 0 Å². The summed E-state index contributed by atoms with van der Waals surface area (Å²) in [5.74, 6) is 0.153. The van der Waals surface area contributed by atoms with Crippen molar-refractivity contribution in [2.45, 2.75) is 32.0 Å². The minimum atomic E-state index is -0.285. The number of hydrogen-bond acceptors (Lipinski definition) is 5.